The molecule has 0 radical (unpaired) electrons. The lowest BCUT2D eigenvalue weighted by Gasteiger charge is -2.34. The zero-order chi connectivity index (χ0) is 26.3. The van der Waals surface area contributed by atoms with Gasteiger partial charge in [0.25, 0.3) is 0 Å². The molecule has 0 aliphatic carbocycles. The number of likely N-dealkylation sites (tertiary alicyclic amines) is 1. The van der Waals surface area contributed by atoms with Gasteiger partial charge < -0.3 is 15.0 Å². The smallest absolute Gasteiger partial charge is 0.410 e. The number of hydrogen-bond acceptors (Lipinski definition) is 5. The Bertz CT molecular complexity index is 1210. The molecule has 1 amide bonds. The second kappa shape index (κ2) is 12.0. The number of nitrogens with zero attached hydrogens (tertiary/aromatic N) is 3. The molecule has 1 aliphatic rings. The quantitative estimate of drug-likeness (QED) is 0.412. The molecule has 6 nitrogen and oxygen atoms in total. The first-order valence-corrected chi connectivity index (χ1v) is 13.0. The van der Waals surface area contributed by atoms with E-state index >= 15 is 0 Å². The average molecular weight is 489 g/mol. The van der Waals surface area contributed by atoms with E-state index in [1.165, 1.54) is 11.1 Å². The van der Waals surface area contributed by atoms with Crippen molar-refractivity contribution in [3.05, 3.63) is 59.9 Å². The second-order valence-corrected chi connectivity index (χ2v) is 9.91. The Morgan fingerprint density at radius 3 is 2.42 bits per heavy atom. The number of amides is 1. The van der Waals surface area contributed by atoms with Gasteiger partial charge in [0.15, 0.2) is 0 Å². The highest BCUT2D eigenvalue weighted by Gasteiger charge is 2.27. The first kappa shape index (κ1) is 27.2. The Labute approximate surface area is 215 Å². The van der Waals surface area contributed by atoms with Gasteiger partial charge in [-0.25, -0.2) is 4.79 Å². The number of carbonyl (C=O) groups is 1. The monoisotopic (exact) mass is 488 g/mol. The normalized spacial score (nSPS) is 14.5. The SMILES string of the molecule is C/C=C\c1ccc(-c2cc(NC3CCN(C(=O)OC(C)(C)C)CC3)cc3nccnc23)cc1C.CC. The van der Waals surface area contributed by atoms with Gasteiger partial charge in [-0.05, 0) is 76.3 Å². The van der Waals surface area contributed by atoms with Crippen molar-refractivity contribution >= 4 is 28.9 Å². The van der Waals surface area contributed by atoms with E-state index in [1.54, 1.807) is 17.3 Å². The Morgan fingerprint density at radius 1 is 1.08 bits per heavy atom. The maximum atomic E-state index is 12.4. The molecule has 1 aliphatic heterocycles. The molecule has 0 bridgehead atoms. The Balaban J connectivity index is 0.00000176. The lowest BCUT2D eigenvalue weighted by molar-refractivity contribution is 0.0210. The van der Waals surface area contributed by atoms with Crippen LogP contribution in [0.25, 0.3) is 28.2 Å². The second-order valence-electron chi connectivity index (χ2n) is 9.91. The van der Waals surface area contributed by atoms with Crippen LogP contribution in [0.4, 0.5) is 10.5 Å². The predicted octanol–water partition coefficient (Wildman–Crippen LogP) is 7.48. The number of rotatable bonds is 4. The van der Waals surface area contributed by atoms with Gasteiger partial charge in [-0.1, -0.05) is 44.2 Å². The van der Waals surface area contributed by atoms with Gasteiger partial charge in [-0.2, -0.15) is 0 Å². The first-order valence-electron chi connectivity index (χ1n) is 13.0. The van der Waals surface area contributed by atoms with E-state index in [0.29, 0.717) is 13.1 Å². The third-order valence-electron chi connectivity index (χ3n) is 6.02. The van der Waals surface area contributed by atoms with Crippen LogP contribution in [0.3, 0.4) is 0 Å². The summed E-state index contributed by atoms with van der Waals surface area (Å²) in [4.78, 5) is 23.4. The fourth-order valence-electron chi connectivity index (χ4n) is 4.36. The van der Waals surface area contributed by atoms with Crippen LogP contribution in [0.15, 0.2) is 48.8 Å². The number of carbonyl (C=O) groups excluding carboxylic acids is 1. The van der Waals surface area contributed by atoms with Gasteiger partial charge in [0.1, 0.15) is 5.60 Å². The molecule has 1 N–H and O–H groups in total. The van der Waals surface area contributed by atoms with Crippen LogP contribution in [-0.4, -0.2) is 45.7 Å². The van der Waals surface area contributed by atoms with E-state index in [0.717, 1.165) is 40.7 Å². The van der Waals surface area contributed by atoms with E-state index in [1.807, 2.05) is 41.5 Å². The van der Waals surface area contributed by atoms with Crippen molar-refractivity contribution in [1.29, 1.82) is 0 Å². The molecule has 0 saturated carbocycles. The molecule has 192 valence electrons. The Morgan fingerprint density at radius 2 is 1.78 bits per heavy atom. The topological polar surface area (TPSA) is 67.4 Å². The number of ether oxygens (including phenoxy) is 1. The van der Waals surface area contributed by atoms with Gasteiger partial charge in [0, 0.05) is 42.8 Å². The fraction of sp³-hybridized carbons (Fsp3) is 0.433. The number of piperidine rings is 1. The number of nitrogens with one attached hydrogen (secondary N) is 1. The van der Waals surface area contributed by atoms with Gasteiger partial charge in [0.05, 0.1) is 11.0 Å². The molecule has 1 fully saturated rings. The molecule has 0 atom stereocenters. The highest BCUT2D eigenvalue weighted by Crippen LogP contribution is 2.32. The standard InChI is InChI=1S/C28H34N4O2.C2H6/c1-6-7-20-8-9-21(16-19(20)2)24-17-23(18-25-26(24)30-13-12-29-25)31-22-10-14-32(15-11-22)27(33)34-28(3,4)5;1-2/h6-9,12-13,16-18,22,31H,10-11,14-15H2,1-5H3;1-2H3/b7-6-;. The summed E-state index contributed by atoms with van der Waals surface area (Å²) in [5.41, 5.74) is 6.93. The van der Waals surface area contributed by atoms with Crippen molar-refractivity contribution in [2.75, 3.05) is 18.4 Å². The molecule has 3 aromatic rings. The van der Waals surface area contributed by atoms with Gasteiger partial charge >= 0.3 is 6.09 Å². The molecule has 4 rings (SSSR count). The molecule has 1 aromatic heterocycles. The Hall–Kier alpha value is -3.41. The molecule has 2 aromatic carbocycles. The summed E-state index contributed by atoms with van der Waals surface area (Å²) in [6.45, 7) is 15.2. The van der Waals surface area contributed by atoms with Gasteiger partial charge in [-0.15, -0.1) is 0 Å². The minimum Gasteiger partial charge on any atom is -0.444 e. The van der Waals surface area contributed by atoms with Crippen LogP contribution < -0.4 is 5.32 Å². The maximum Gasteiger partial charge on any atom is 0.410 e. The van der Waals surface area contributed by atoms with E-state index < -0.39 is 5.60 Å². The van der Waals surface area contributed by atoms with Crippen molar-refractivity contribution in [3.8, 4) is 11.1 Å². The van der Waals surface area contributed by atoms with Crippen LogP contribution in [0, 0.1) is 6.92 Å². The fourth-order valence-corrected chi connectivity index (χ4v) is 4.36. The summed E-state index contributed by atoms with van der Waals surface area (Å²) in [5.74, 6) is 0. The van der Waals surface area contributed by atoms with E-state index in [2.05, 4.69) is 64.7 Å². The number of fused-ring (bicyclic) bond motifs is 1. The van der Waals surface area contributed by atoms with Crippen molar-refractivity contribution in [1.82, 2.24) is 14.9 Å². The maximum absolute atomic E-state index is 12.4. The molecule has 36 heavy (non-hydrogen) atoms. The van der Waals surface area contributed by atoms with Crippen LogP contribution in [0.2, 0.25) is 0 Å². The molecule has 0 spiro atoms. The highest BCUT2D eigenvalue weighted by atomic mass is 16.6. The number of aromatic nitrogens is 2. The number of allylic oxidation sites excluding steroid dienone is 1. The van der Waals surface area contributed by atoms with Gasteiger partial charge in [-0.3, -0.25) is 9.97 Å². The van der Waals surface area contributed by atoms with Crippen molar-refractivity contribution in [3.63, 3.8) is 0 Å². The number of aryl methyl sites for hydroxylation is 1. The Kier molecular flexibility index (Phi) is 9.08. The van der Waals surface area contributed by atoms with E-state index in [9.17, 15) is 4.79 Å². The molecular formula is C30H40N4O2. The third-order valence-corrected chi connectivity index (χ3v) is 6.02. The summed E-state index contributed by atoms with van der Waals surface area (Å²) in [6, 6.07) is 11.0. The minimum absolute atomic E-state index is 0.231. The van der Waals surface area contributed by atoms with Crippen molar-refractivity contribution < 1.29 is 9.53 Å². The zero-order valence-corrected chi connectivity index (χ0v) is 22.8. The molecule has 0 unspecified atom stereocenters. The number of benzene rings is 2. The van der Waals surface area contributed by atoms with E-state index in [-0.39, 0.29) is 12.1 Å². The lowest BCUT2D eigenvalue weighted by atomic mass is 9.97. The van der Waals surface area contributed by atoms with Crippen LogP contribution >= 0.6 is 0 Å². The molecule has 2 heterocycles. The van der Waals surface area contributed by atoms with Crippen LogP contribution in [0.5, 0.6) is 0 Å². The number of hydrogen-bond donors (Lipinski definition) is 1. The van der Waals surface area contributed by atoms with Crippen LogP contribution in [-0.2, 0) is 4.74 Å². The summed E-state index contributed by atoms with van der Waals surface area (Å²) >= 11 is 0. The summed E-state index contributed by atoms with van der Waals surface area (Å²) in [6.07, 6.45) is 9.15. The highest BCUT2D eigenvalue weighted by molar-refractivity contribution is 5.94. The summed E-state index contributed by atoms with van der Waals surface area (Å²) in [7, 11) is 0. The molecular weight excluding hydrogens is 448 g/mol. The molecule has 6 heteroatoms. The van der Waals surface area contributed by atoms with Crippen LogP contribution in [0.1, 0.15) is 65.5 Å². The van der Waals surface area contributed by atoms with E-state index in [4.69, 9.17) is 4.74 Å². The zero-order valence-electron chi connectivity index (χ0n) is 22.8. The predicted molar refractivity (Wildman–Crippen MR) is 150 cm³/mol. The summed E-state index contributed by atoms with van der Waals surface area (Å²) < 4.78 is 5.52. The van der Waals surface area contributed by atoms with Crippen molar-refractivity contribution in [2.24, 2.45) is 0 Å². The average Bonchev–Trinajstić information content (AvgIpc) is 2.85. The first-order chi connectivity index (χ1) is 17.2. The van der Waals surface area contributed by atoms with Crippen molar-refractivity contribution in [2.45, 2.75) is 73.0 Å². The third kappa shape index (κ3) is 6.84. The van der Waals surface area contributed by atoms with Gasteiger partial charge in [0.2, 0.25) is 0 Å². The minimum atomic E-state index is -0.474. The largest absolute Gasteiger partial charge is 0.444 e. The molecule has 1 saturated heterocycles. The number of anilines is 1. The summed E-state index contributed by atoms with van der Waals surface area (Å²) in [5, 5.41) is 3.68. The lowest BCUT2D eigenvalue weighted by Crippen LogP contribution is -2.44.